The molecule has 0 saturated heterocycles. The lowest BCUT2D eigenvalue weighted by Crippen LogP contribution is -2.48. The Morgan fingerprint density at radius 2 is 1.90 bits per heavy atom. The summed E-state index contributed by atoms with van der Waals surface area (Å²) in [6.07, 6.45) is -7.42. The van der Waals surface area contributed by atoms with Crippen molar-refractivity contribution in [2.45, 2.75) is 56.3 Å². The number of carbonyl (C=O) groups excluding carboxylic acids is 2. The normalized spacial score (nSPS) is 18.8. The largest absolute Gasteiger partial charge is 0.497 e. The molecule has 1 heterocycles. The van der Waals surface area contributed by atoms with Gasteiger partial charge in [0.2, 0.25) is 21.8 Å². The molecule has 2 N–H and O–H groups in total. The molecule has 2 aromatic carbocycles. The minimum atomic E-state index is -4.48. The van der Waals surface area contributed by atoms with E-state index in [2.05, 4.69) is 5.32 Å². The molecule has 42 heavy (non-hydrogen) atoms. The number of rotatable bonds is 10. The Balaban J connectivity index is 1.91. The van der Waals surface area contributed by atoms with Gasteiger partial charge in [0.15, 0.2) is 0 Å². The van der Waals surface area contributed by atoms with Gasteiger partial charge in [-0.05, 0) is 49.4 Å². The first-order valence-corrected chi connectivity index (χ1v) is 14.8. The highest BCUT2D eigenvalue weighted by Gasteiger charge is 2.34. The highest BCUT2D eigenvalue weighted by molar-refractivity contribution is 7.89. The number of hydrogen-bond donors (Lipinski definition) is 2. The maximum atomic E-state index is 13.3. The summed E-state index contributed by atoms with van der Waals surface area (Å²) in [6, 6.07) is 9.78. The topological polar surface area (TPSA) is 125 Å². The molecular weight excluding hydrogens is 579 g/mol. The number of benzene rings is 2. The summed E-state index contributed by atoms with van der Waals surface area (Å²) >= 11 is 0. The van der Waals surface area contributed by atoms with Gasteiger partial charge in [-0.25, -0.2) is 8.42 Å². The van der Waals surface area contributed by atoms with Gasteiger partial charge in [0.1, 0.15) is 17.6 Å². The van der Waals surface area contributed by atoms with Crippen LogP contribution in [0.3, 0.4) is 0 Å². The second-order valence-electron chi connectivity index (χ2n) is 10.3. The third-order valence-corrected chi connectivity index (χ3v) is 8.88. The van der Waals surface area contributed by atoms with Gasteiger partial charge in [-0.3, -0.25) is 9.59 Å². The molecule has 0 spiro atoms. The quantitative estimate of drug-likeness (QED) is 0.420. The van der Waals surface area contributed by atoms with Crippen LogP contribution in [-0.2, 0) is 26.0 Å². The molecule has 3 atom stereocenters. The number of anilines is 1. The van der Waals surface area contributed by atoms with E-state index in [4.69, 9.17) is 9.47 Å². The second-order valence-corrected chi connectivity index (χ2v) is 12.4. The van der Waals surface area contributed by atoms with Crippen LogP contribution in [-0.4, -0.2) is 86.7 Å². The Labute approximate surface area is 243 Å². The van der Waals surface area contributed by atoms with Crippen LogP contribution in [0.4, 0.5) is 18.9 Å². The van der Waals surface area contributed by atoms with Crippen LogP contribution in [0.2, 0.25) is 0 Å². The smallest absolute Gasteiger partial charge is 0.389 e. The van der Waals surface area contributed by atoms with E-state index in [1.165, 1.54) is 61.5 Å². The van der Waals surface area contributed by atoms with Crippen LogP contribution >= 0.6 is 0 Å². The molecule has 232 valence electrons. The van der Waals surface area contributed by atoms with Crippen LogP contribution < -0.4 is 14.8 Å². The first-order chi connectivity index (χ1) is 19.6. The van der Waals surface area contributed by atoms with E-state index >= 15 is 0 Å². The number of likely N-dealkylation sites (N-methyl/N-ethyl adjacent to an activating group) is 1. The number of nitrogens with zero attached hydrogens (tertiary/aromatic N) is 2. The minimum absolute atomic E-state index is 0.0542. The third kappa shape index (κ3) is 8.58. The average Bonchev–Trinajstić information content (AvgIpc) is 2.98. The molecule has 1 aliphatic heterocycles. The number of hydrogen-bond acceptors (Lipinski definition) is 7. The molecule has 0 bridgehead atoms. The number of methoxy groups -OCH3 is 1. The van der Waals surface area contributed by atoms with E-state index in [0.717, 1.165) is 4.31 Å². The van der Waals surface area contributed by atoms with E-state index in [1.807, 2.05) is 6.92 Å². The zero-order valence-corrected chi connectivity index (χ0v) is 24.7. The van der Waals surface area contributed by atoms with Crippen molar-refractivity contribution in [1.29, 1.82) is 0 Å². The van der Waals surface area contributed by atoms with E-state index < -0.39 is 47.1 Å². The van der Waals surface area contributed by atoms with Crippen LogP contribution in [0.15, 0.2) is 47.4 Å². The zero-order valence-electron chi connectivity index (χ0n) is 23.8. The van der Waals surface area contributed by atoms with Crippen molar-refractivity contribution < 1.29 is 45.8 Å². The fraction of sp³-hybridized carbons (Fsp3) is 0.500. The number of amides is 2. The van der Waals surface area contributed by atoms with Crippen molar-refractivity contribution >= 4 is 27.5 Å². The molecule has 10 nitrogen and oxygen atoms in total. The number of ether oxygens (including phenoxy) is 2. The lowest BCUT2D eigenvalue weighted by Gasteiger charge is -2.33. The highest BCUT2D eigenvalue weighted by Crippen LogP contribution is 2.30. The summed E-state index contributed by atoms with van der Waals surface area (Å²) < 4.78 is 76.8. The number of sulfonamides is 1. The van der Waals surface area contributed by atoms with Gasteiger partial charge in [-0.2, -0.15) is 17.5 Å². The maximum Gasteiger partial charge on any atom is 0.389 e. The van der Waals surface area contributed by atoms with Crippen molar-refractivity contribution in [3.05, 3.63) is 48.0 Å². The molecule has 0 unspecified atom stereocenters. The number of carbonyl (C=O) groups is 2. The number of nitrogens with one attached hydrogen (secondary N) is 1. The fourth-order valence-electron chi connectivity index (χ4n) is 4.48. The molecule has 1 aliphatic rings. The van der Waals surface area contributed by atoms with Gasteiger partial charge >= 0.3 is 6.18 Å². The Bertz CT molecular complexity index is 1350. The summed E-state index contributed by atoms with van der Waals surface area (Å²) in [5.74, 6) is -0.796. The minimum Gasteiger partial charge on any atom is -0.497 e. The first kappa shape index (κ1) is 33.1. The van der Waals surface area contributed by atoms with Crippen LogP contribution in [0.5, 0.6) is 11.5 Å². The molecule has 0 radical (unpaired) electrons. The summed E-state index contributed by atoms with van der Waals surface area (Å²) in [4.78, 5) is 27.0. The van der Waals surface area contributed by atoms with Gasteiger partial charge in [-0.1, -0.05) is 6.92 Å². The Morgan fingerprint density at radius 3 is 2.50 bits per heavy atom. The second kappa shape index (κ2) is 13.7. The van der Waals surface area contributed by atoms with Gasteiger partial charge in [0, 0.05) is 37.2 Å². The number of alkyl halides is 3. The molecule has 0 aliphatic carbocycles. The standard InChI is InChI=1S/C28H36F3N3O7S/c1-18-15-34(19(2)17-35)27(37)14-20-13-21(32-26(36)11-12-28(29,30)31)5-10-24(20)41-25(18)16-33(3)42(38,39)23-8-6-22(40-4)7-9-23/h5-10,13,18-19,25,35H,11-12,14-17H2,1-4H3,(H,32,36)/t18-,19+,25+/m0/s1. The molecule has 14 heteroatoms. The maximum absolute atomic E-state index is 13.3. The number of halogens is 3. The van der Waals surface area contributed by atoms with E-state index in [-0.39, 0.29) is 54.3 Å². The van der Waals surface area contributed by atoms with E-state index in [1.54, 1.807) is 6.92 Å². The Kier molecular flexibility index (Phi) is 10.8. The lowest BCUT2D eigenvalue weighted by molar-refractivity contribution is -0.142. The number of aliphatic hydroxyl groups excluding tert-OH is 1. The molecule has 3 rings (SSSR count). The van der Waals surface area contributed by atoms with Crippen LogP contribution in [0.25, 0.3) is 0 Å². The fourth-order valence-corrected chi connectivity index (χ4v) is 5.67. The van der Waals surface area contributed by atoms with Crippen LogP contribution in [0, 0.1) is 5.92 Å². The Morgan fingerprint density at radius 1 is 1.24 bits per heavy atom. The SMILES string of the molecule is COc1ccc(S(=O)(=O)N(C)C[C@H]2Oc3ccc(NC(=O)CCC(F)(F)F)cc3CC(=O)N([C@H](C)CO)C[C@@H]2C)cc1. The summed E-state index contributed by atoms with van der Waals surface area (Å²) in [5.41, 5.74) is 0.533. The average molecular weight is 616 g/mol. The van der Waals surface area contributed by atoms with Crippen molar-refractivity contribution in [2.75, 3.05) is 39.2 Å². The van der Waals surface area contributed by atoms with Crippen molar-refractivity contribution in [3.8, 4) is 11.5 Å². The van der Waals surface area contributed by atoms with Crippen molar-refractivity contribution in [1.82, 2.24) is 9.21 Å². The third-order valence-electron chi connectivity index (χ3n) is 7.04. The van der Waals surface area contributed by atoms with Gasteiger partial charge in [0.25, 0.3) is 0 Å². The molecule has 0 fully saturated rings. The lowest BCUT2D eigenvalue weighted by atomic mass is 10.0. The molecule has 2 aromatic rings. The highest BCUT2D eigenvalue weighted by atomic mass is 32.2. The van der Waals surface area contributed by atoms with Gasteiger partial charge in [0.05, 0.1) is 44.0 Å². The Hall–Kier alpha value is -3.36. The molecular formula is C28H36F3N3O7S. The summed E-state index contributed by atoms with van der Waals surface area (Å²) in [7, 11) is -1.04. The molecule has 0 aromatic heterocycles. The zero-order chi connectivity index (χ0) is 31.2. The predicted octanol–water partition coefficient (Wildman–Crippen LogP) is 3.45. The van der Waals surface area contributed by atoms with Crippen molar-refractivity contribution in [3.63, 3.8) is 0 Å². The predicted molar refractivity (Wildman–Crippen MR) is 149 cm³/mol. The molecule has 0 saturated carbocycles. The number of fused-ring (bicyclic) bond motifs is 1. The first-order valence-electron chi connectivity index (χ1n) is 13.3. The number of aliphatic hydroxyl groups is 1. The van der Waals surface area contributed by atoms with Crippen LogP contribution in [0.1, 0.15) is 32.3 Å². The summed E-state index contributed by atoms with van der Waals surface area (Å²) in [6.45, 7) is 3.26. The monoisotopic (exact) mass is 615 g/mol. The van der Waals surface area contributed by atoms with E-state index in [9.17, 15) is 36.3 Å². The van der Waals surface area contributed by atoms with Crippen molar-refractivity contribution in [2.24, 2.45) is 5.92 Å². The van der Waals surface area contributed by atoms with Gasteiger partial charge < -0.3 is 24.8 Å². The summed E-state index contributed by atoms with van der Waals surface area (Å²) in [5, 5.41) is 12.2. The van der Waals surface area contributed by atoms with E-state index in [0.29, 0.717) is 11.3 Å². The van der Waals surface area contributed by atoms with Gasteiger partial charge in [-0.15, -0.1) is 0 Å². The molecule has 2 amide bonds.